The topological polar surface area (TPSA) is 0 Å². The van der Waals surface area contributed by atoms with Crippen molar-refractivity contribution in [1.29, 1.82) is 0 Å². The van der Waals surface area contributed by atoms with Gasteiger partial charge in [0.05, 0.1) is 0 Å². The van der Waals surface area contributed by atoms with Crippen LogP contribution in [0.15, 0.2) is 125 Å². The van der Waals surface area contributed by atoms with Crippen LogP contribution in [0.5, 0.6) is 0 Å². The molecule has 0 nitrogen and oxygen atoms in total. The first-order valence-electron chi connectivity index (χ1n) is 19.3. The Bertz CT molecular complexity index is 2470. The summed E-state index contributed by atoms with van der Waals surface area (Å²) in [5.41, 5.74) is 14.7. The molecule has 0 bridgehead atoms. The van der Waals surface area contributed by atoms with Gasteiger partial charge in [0.25, 0.3) is 0 Å². The fourth-order valence-electron chi connectivity index (χ4n) is 10.5. The molecule has 0 spiro atoms. The quantitative estimate of drug-likeness (QED) is 0.157. The van der Waals surface area contributed by atoms with Crippen LogP contribution in [-0.4, -0.2) is 4.21 Å². The van der Waals surface area contributed by atoms with E-state index in [4.69, 9.17) is 4.21 Å². The van der Waals surface area contributed by atoms with E-state index >= 15 is 0 Å². The van der Waals surface area contributed by atoms with E-state index in [1.807, 2.05) is 0 Å². The number of hydrogen-bond acceptors (Lipinski definition) is 0. The molecular weight excluding hydrogens is 775 g/mol. The van der Waals surface area contributed by atoms with E-state index in [9.17, 15) is 0 Å². The third-order valence-electron chi connectivity index (χ3n) is 12.7. The maximum atomic E-state index is 5.96. The number of benzene rings is 6. The van der Waals surface area contributed by atoms with E-state index in [2.05, 4.69) is 177 Å². The van der Waals surface area contributed by atoms with E-state index in [0.717, 1.165) is 21.1 Å². The average Bonchev–Trinajstić information content (AvgIpc) is 3.76. The molecule has 2 aliphatic carbocycles. The van der Waals surface area contributed by atoms with Crippen LogP contribution in [0, 0.1) is 13.8 Å². The predicted octanol–water partition coefficient (Wildman–Crippen LogP) is 13.6. The zero-order valence-corrected chi connectivity index (χ0v) is 37.5. The number of fused-ring (bicyclic) bond motifs is 5. The Hall–Kier alpha value is -3.35. The third kappa shape index (κ3) is 6.57. The Morgan fingerprint density at radius 1 is 0.630 bits per heavy atom. The van der Waals surface area contributed by atoms with Crippen LogP contribution in [0.4, 0.5) is 0 Å². The molecule has 0 N–H and O–H groups in total. The van der Waals surface area contributed by atoms with E-state index in [1.165, 1.54) is 71.6 Å². The van der Waals surface area contributed by atoms with E-state index in [-0.39, 0.29) is 35.6 Å². The van der Waals surface area contributed by atoms with Crippen molar-refractivity contribution in [3.63, 3.8) is 0 Å². The predicted molar refractivity (Wildman–Crippen MR) is 240 cm³/mol. The molecular formula is C51H56Cl2Zr. The van der Waals surface area contributed by atoms with Crippen LogP contribution in [0.3, 0.4) is 0 Å². The molecule has 6 aromatic carbocycles. The van der Waals surface area contributed by atoms with Crippen LogP contribution in [0.1, 0.15) is 92.5 Å². The second-order valence-corrected chi connectivity index (χ2v) is 32.4. The Morgan fingerprint density at radius 3 is 1.67 bits per heavy atom. The van der Waals surface area contributed by atoms with E-state index in [0.29, 0.717) is 0 Å². The first-order valence-corrected chi connectivity index (χ1v) is 27.0. The first-order chi connectivity index (χ1) is 24.7. The van der Waals surface area contributed by atoms with Crippen LogP contribution in [0.2, 0.25) is 0 Å². The van der Waals surface area contributed by atoms with Crippen molar-refractivity contribution in [3.05, 3.63) is 169 Å². The second kappa shape index (κ2) is 14.3. The molecule has 278 valence electrons. The van der Waals surface area contributed by atoms with Gasteiger partial charge in [0, 0.05) is 0 Å². The average molecular weight is 831 g/mol. The van der Waals surface area contributed by atoms with Crippen LogP contribution >= 0.6 is 24.8 Å². The molecule has 54 heavy (non-hydrogen) atoms. The molecule has 0 unspecified atom stereocenters. The monoisotopic (exact) mass is 828 g/mol. The van der Waals surface area contributed by atoms with Gasteiger partial charge in [-0.2, -0.15) is 0 Å². The summed E-state index contributed by atoms with van der Waals surface area (Å²) in [6.45, 7) is 19.1. The summed E-state index contributed by atoms with van der Waals surface area (Å²) in [5, 5.41) is 5.37. The van der Waals surface area contributed by atoms with Crippen molar-refractivity contribution in [2.45, 2.75) is 87.3 Å². The fourth-order valence-corrected chi connectivity index (χ4v) is 27.7. The zero-order valence-electron chi connectivity index (χ0n) is 33.4. The summed E-state index contributed by atoms with van der Waals surface area (Å²) in [6, 6.07) is 39.7. The minimum absolute atomic E-state index is 0. The van der Waals surface area contributed by atoms with Gasteiger partial charge in [-0.3, -0.25) is 0 Å². The van der Waals surface area contributed by atoms with Gasteiger partial charge in [0.1, 0.15) is 0 Å². The standard InChI is InChI=1S/C23H29.2C11H9.C5H5.CH2.2ClH.Zr/c1-14-9-16-11-17-10-15(2)21(23(6,7)8)13-19(17)18(16)12-20(14)22(3,4)5;2*1-9-5-4-7-10-6-2-3-8-11(9)10;1-2-4-5-3-1;;;;/h9,12-13H,11H2,1-8H3;2*2-8H,1H2;1-3H,4H2;1H2;2*1H;. The van der Waals surface area contributed by atoms with Gasteiger partial charge in [0.15, 0.2) is 0 Å². The van der Waals surface area contributed by atoms with Crippen molar-refractivity contribution in [2.75, 3.05) is 0 Å². The molecule has 0 atom stereocenters. The fraction of sp³-hybridized carbons (Fsp3) is 0.275. The molecule has 0 saturated heterocycles. The molecule has 2 aliphatic rings. The number of rotatable bonds is 6. The molecule has 0 heterocycles. The second-order valence-electron chi connectivity index (χ2n) is 18.3. The molecule has 0 amide bonds. The van der Waals surface area contributed by atoms with Gasteiger partial charge in [-0.05, 0) is 0 Å². The third-order valence-corrected chi connectivity index (χ3v) is 28.7. The Morgan fingerprint density at radius 2 is 1.15 bits per heavy atom. The summed E-state index contributed by atoms with van der Waals surface area (Å²) in [4.78, 5) is 0. The van der Waals surface area contributed by atoms with Gasteiger partial charge in [-0.25, -0.2) is 0 Å². The van der Waals surface area contributed by atoms with Crippen LogP contribution in [0.25, 0.3) is 32.7 Å². The summed E-state index contributed by atoms with van der Waals surface area (Å²) < 4.78 is 11.2. The summed E-state index contributed by atoms with van der Waals surface area (Å²) in [7, 11) is 0. The Kier molecular flexibility index (Phi) is 10.7. The SMILES string of the molecule is Cl.Cl.[CH2]=[Zr]([CH2]c1cccc2ccccc12)([CH2]c1cccc2ccccc12)([C]1=CC=CC1)[c]1c(C)c(C(C)(C)C)cc2c1Cc1cc(C)c(C(C)(C)C)cc1-2. The molecule has 3 heteroatoms. The Balaban J connectivity index is 0.00000249. The maximum absolute atomic E-state index is 5.96. The van der Waals surface area contributed by atoms with Crippen LogP contribution in [-0.2, 0) is 43.8 Å². The van der Waals surface area contributed by atoms with E-state index < -0.39 is 18.3 Å². The molecule has 8 rings (SSSR count). The molecule has 0 saturated carbocycles. The van der Waals surface area contributed by atoms with Crippen molar-refractivity contribution >= 4 is 53.8 Å². The first kappa shape index (κ1) is 40.3. The van der Waals surface area contributed by atoms with Gasteiger partial charge in [-0.1, -0.05) is 0 Å². The number of allylic oxidation sites excluding steroid dienone is 4. The normalized spacial score (nSPS) is 14.1. The summed E-state index contributed by atoms with van der Waals surface area (Å²) in [6.07, 6.45) is 9.20. The number of aryl methyl sites for hydroxylation is 1. The minimum atomic E-state index is -4.76. The zero-order chi connectivity index (χ0) is 36.7. The summed E-state index contributed by atoms with van der Waals surface area (Å²) in [5.74, 6) is 0. The summed E-state index contributed by atoms with van der Waals surface area (Å²) >= 11 is -4.76. The molecule has 0 aromatic heterocycles. The van der Waals surface area contributed by atoms with E-state index in [1.54, 1.807) is 12.1 Å². The van der Waals surface area contributed by atoms with Crippen LogP contribution < -0.4 is 3.27 Å². The van der Waals surface area contributed by atoms with Crippen molar-refractivity contribution in [1.82, 2.24) is 0 Å². The van der Waals surface area contributed by atoms with Gasteiger partial charge in [0.2, 0.25) is 0 Å². The Labute approximate surface area is 337 Å². The molecule has 0 fully saturated rings. The number of hydrogen-bond donors (Lipinski definition) is 0. The van der Waals surface area contributed by atoms with Crippen molar-refractivity contribution < 1.29 is 18.3 Å². The van der Waals surface area contributed by atoms with Gasteiger partial charge < -0.3 is 0 Å². The van der Waals surface area contributed by atoms with Gasteiger partial charge in [-0.15, -0.1) is 24.8 Å². The van der Waals surface area contributed by atoms with Crippen molar-refractivity contribution in [3.8, 4) is 11.1 Å². The molecule has 0 radical (unpaired) electrons. The van der Waals surface area contributed by atoms with Crippen molar-refractivity contribution in [2.24, 2.45) is 0 Å². The molecule has 6 aromatic rings. The number of halogens is 2. The van der Waals surface area contributed by atoms with Gasteiger partial charge >= 0.3 is 315 Å². The molecule has 0 aliphatic heterocycles.